The molecule has 0 saturated carbocycles. The van der Waals surface area contributed by atoms with E-state index in [4.69, 9.17) is 15.0 Å². The minimum atomic E-state index is 0.682. The van der Waals surface area contributed by atoms with E-state index >= 15 is 0 Å². The zero-order chi connectivity index (χ0) is 36.7. The molecule has 10 rings (SSSR count). The first-order valence-corrected chi connectivity index (χ1v) is 19.3. The lowest BCUT2D eigenvalue weighted by Crippen LogP contribution is -2.55. The number of hydrogen-bond donors (Lipinski definition) is 0. The van der Waals surface area contributed by atoms with Crippen LogP contribution in [0.4, 0.5) is 0 Å². The number of nitrogens with zero attached hydrogens (tertiary/aromatic N) is 3. The minimum absolute atomic E-state index is 0.682. The molecular formula is C45H32B5N3S. The van der Waals surface area contributed by atoms with Crippen molar-refractivity contribution >= 4 is 130 Å². The molecule has 0 aliphatic carbocycles. The summed E-state index contributed by atoms with van der Waals surface area (Å²) >= 11 is 1.84. The Morgan fingerprint density at radius 2 is 0.778 bits per heavy atom. The number of thiophene rings is 1. The molecule has 9 heteroatoms. The molecule has 0 saturated heterocycles. The van der Waals surface area contributed by atoms with Crippen molar-refractivity contribution in [3.05, 3.63) is 133 Å². The third-order valence-electron chi connectivity index (χ3n) is 11.7. The van der Waals surface area contributed by atoms with E-state index in [-0.39, 0.29) is 0 Å². The van der Waals surface area contributed by atoms with Gasteiger partial charge in [0.15, 0.2) is 17.5 Å². The number of hydrogen-bond acceptors (Lipinski definition) is 4. The first-order chi connectivity index (χ1) is 26.3. The van der Waals surface area contributed by atoms with E-state index in [1.807, 2.05) is 29.5 Å². The number of aromatic nitrogens is 3. The van der Waals surface area contributed by atoms with Crippen molar-refractivity contribution in [1.82, 2.24) is 15.0 Å². The van der Waals surface area contributed by atoms with Crippen LogP contribution in [0.5, 0.6) is 0 Å². The van der Waals surface area contributed by atoms with Crippen LogP contribution in [0.15, 0.2) is 133 Å². The molecular weight excluding hydrogens is 669 g/mol. The van der Waals surface area contributed by atoms with Gasteiger partial charge in [-0.2, -0.15) is 0 Å². The molecule has 0 spiro atoms. The molecule has 3 nitrogen and oxygen atoms in total. The Balaban J connectivity index is 1.11. The van der Waals surface area contributed by atoms with E-state index in [1.54, 1.807) is 0 Å². The maximum atomic E-state index is 5.20. The summed E-state index contributed by atoms with van der Waals surface area (Å²) in [6, 6.07) is 48.3. The molecule has 0 unspecified atom stereocenters. The molecule has 0 fully saturated rings. The highest BCUT2D eigenvalue weighted by molar-refractivity contribution is 7.25. The predicted octanol–water partition coefficient (Wildman–Crippen LogP) is 3.66. The molecule has 0 bridgehead atoms. The van der Waals surface area contributed by atoms with Gasteiger partial charge >= 0.3 is 0 Å². The summed E-state index contributed by atoms with van der Waals surface area (Å²) in [5, 5.41) is 10.2. The molecule has 0 amide bonds. The van der Waals surface area contributed by atoms with E-state index in [0.717, 1.165) is 22.5 Å². The molecule has 54 heavy (non-hydrogen) atoms. The average Bonchev–Trinajstić information content (AvgIpc) is 3.59. The Labute approximate surface area is 322 Å². The first kappa shape index (κ1) is 32.7. The molecule has 2 heterocycles. The van der Waals surface area contributed by atoms with Crippen LogP contribution in [-0.2, 0) is 0 Å². The number of rotatable bonds is 4. The average molecular weight is 701 g/mol. The normalized spacial score (nSPS) is 11.7. The molecule has 0 atom stereocenters. The Morgan fingerprint density at radius 1 is 0.315 bits per heavy atom. The lowest BCUT2D eigenvalue weighted by atomic mass is 9.60. The van der Waals surface area contributed by atoms with Gasteiger partial charge in [-0.1, -0.05) is 114 Å². The van der Waals surface area contributed by atoms with Gasteiger partial charge in [0, 0.05) is 36.9 Å². The smallest absolute Gasteiger partial charge is 0.164 e. The van der Waals surface area contributed by atoms with Crippen LogP contribution < -0.4 is 27.3 Å². The molecule has 2 aromatic heterocycles. The molecule has 0 aliphatic rings. The zero-order valence-corrected chi connectivity index (χ0v) is 31.8. The highest BCUT2D eigenvalue weighted by atomic mass is 32.1. The highest BCUT2D eigenvalue weighted by Gasteiger charge is 2.19. The second-order valence-corrected chi connectivity index (χ2v) is 15.6. The van der Waals surface area contributed by atoms with E-state index in [2.05, 4.69) is 154 Å². The minimum Gasteiger partial charge on any atom is -0.208 e. The van der Waals surface area contributed by atoms with Crippen LogP contribution >= 0.6 is 11.3 Å². The van der Waals surface area contributed by atoms with Gasteiger partial charge in [0.2, 0.25) is 0 Å². The monoisotopic (exact) mass is 701 g/mol. The van der Waals surface area contributed by atoms with Crippen LogP contribution in [0, 0.1) is 0 Å². The fraction of sp³-hybridized carbons (Fsp3) is 0. The summed E-state index contributed by atoms with van der Waals surface area (Å²) in [5.41, 5.74) is 11.8. The van der Waals surface area contributed by atoms with Gasteiger partial charge in [0.05, 0.1) is 0 Å². The lowest BCUT2D eigenvalue weighted by Gasteiger charge is -2.20. The summed E-state index contributed by atoms with van der Waals surface area (Å²) in [5.74, 6) is 2.08. The van der Waals surface area contributed by atoms with Gasteiger partial charge in [0.25, 0.3) is 0 Å². The van der Waals surface area contributed by atoms with Gasteiger partial charge < -0.3 is 0 Å². The van der Waals surface area contributed by atoms with Gasteiger partial charge in [-0.05, 0) is 73.8 Å². The first-order valence-electron chi connectivity index (χ1n) is 18.5. The van der Waals surface area contributed by atoms with Gasteiger partial charge in [-0.15, -0.1) is 27.7 Å². The summed E-state index contributed by atoms with van der Waals surface area (Å²) in [7, 11) is 11.0. The Hall–Kier alpha value is -5.91. The molecule has 10 aromatic rings. The maximum Gasteiger partial charge on any atom is 0.164 e. The third-order valence-corrected chi connectivity index (χ3v) is 12.8. The van der Waals surface area contributed by atoms with Crippen LogP contribution in [0.2, 0.25) is 0 Å². The lowest BCUT2D eigenvalue weighted by molar-refractivity contribution is 1.08. The van der Waals surface area contributed by atoms with Gasteiger partial charge in [-0.25, -0.2) is 15.0 Å². The Kier molecular flexibility index (Phi) is 7.64. The summed E-state index contributed by atoms with van der Waals surface area (Å²) < 4.78 is 2.51. The van der Waals surface area contributed by atoms with Crippen molar-refractivity contribution in [3.8, 4) is 45.3 Å². The molecule has 0 radical (unpaired) electrons. The summed E-state index contributed by atoms with van der Waals surface area (Å²) in [6.45, 7) is 0. The largest absolute Gasteiger partial charge is 0.208 e. The summed E-state index contributed by atoms with van der Waals surface area (Å²) in [6.07, 6.45) is 0. The van der Waals surface area contributed by atoms with Crippen LogP contribution in [-0.4, -0.2) is 54.2 Å². The standard InChI is InChI=1S/C45H32B5N3S/c46-38-37(39(47)41(49)42(50)40(38)48)45-52-43(23-8-2-1-3-9-23)51-44(53-45)26-16-19-35-34(21-26)32-18-15-25(22-36(32)54-35)24-14-17-31-29-12-5-4-10-27(29)28-11-6-7-13-30(28)33(31)20-24/h1-22H,46-50H2. The topological polar surface area (TPSA) is 38.7 Å². The maximum absolute atomic E-state index is 5.20. The van der Waals surface area contributed by atoms with Gasteiger partial charge in [0.1, 0.15) is 39.2 Å². The van der Waals surface area contributed by atoms with Crippen molar-refractivity contribution in [3.63, 3.8) is 0 Å². The van der Waals surface area contributed by atoms with Gasteiger partial charge in [-0.3, -0.25) is 0 Å². The van der Waals surface area contributed by atoms with Crippen LogP contribution in [0.3, 0.4) is 0 Å². The van der Waals surface area contributed by atoms with Crippen molar-refractivity contribution in [2.24, 2.45) is 0 Å². The van der Waals surface area contributed by atoms with Crippen LogP contribution in [0.25, 0.3) is 97.8 Å². The van der Waals surface area contributed by atoms with Crippen molar-refractivity contribution in [1.29, 1.82) is 0 Å². The Morgan fingerprint density at radius 3 is 1.43 bits per heavy atom. The van der Waals surface area contributed by atoms with Crippen molar-refractivity contribution in [2.45, 2.75) is 0 Å². The van der Waals surface area contributed by atoms with Crippen LogP contribution in [0.1, 0.15) is 0 Å². The fourth-order valence-electron chi connectivity index (χ4n) is 8.35. The summed E-state index contributed by atoms with van der Waals surface area (Å²) in [4.78, 5) is 15.4. The van der Waals surface area contributed by atoms with E-state index in [1.165, 1.54) is 90.9 Å². The number of fused-ring (bicyclic) bond motifs is 9. The SMILES string of the molecule is Bc1c(B)c(B)c(-c2nc(-c3ccccc3)nc(-c3ccc4sc5cc(-c6ccc7c8ccccc8c8ccccc8c7c6)ccc5c4c3)n2)c(B)c1B. The molecule has 0 aliphatic heterocycles. The second-order valence-electron chi connectivity index (χ2n) is 14.5. The number of benzene rings is 8. The Bertz CT molecular complexity index is 3120. The van der Waals surface area contributed by atoms with Crippen molar-refractivity contribution in [2.75, 3.05) is 0 Å². The van der Waals surface area contributed by atoms with E-state index in [9.17, 15) is 0 Å². The predicted molar refractivity (Wildman–Crippen MR) is 248 cm³/mol. The quantitative estimate of drug-likeness (QED) is 0.208. The molecule has 8 aromatic carbocycles. The fourth-order valence-corrected chi connectivity index (χ4v) is 9.48. The zero-order valence-electron chi connectivity index (χ0n) is 31.0. The highest BCUT2D eigenvalue weighted by Crippen LogP contribution is 2.40. The van der Waals surface area contributed by atoms with E-state index in [0.29, 0.717) is 11.6 Å². The second kappa shape index (κ2) is 12.6. The molecule has 248 valence electrons. The van der Waals surface area contributed by atoms with E-state index < -0.39 is 0 Å². The molecule has 0 N–H and O–H groups in total. The third kappa shape index (κ3) is 5.14. The van der Waals surface area contributed by atoms with Crippen molar-refractivity contribution < 1.29 is 0 Å².